The summed E-state index contributed by atoms with van der Waals surface area (Å²) in [6.45, 7) is 4.96. The molecule has 168 valence electrons. The smallest absolute Gasteiger partial charge is 0.257 e. The third kappa shape index (κ3) is 4.95. The average Bonchev–Trinajstić information content (AvgIpc) is 3.31. The van der Waals surface area contributed by atoms with Crippen molar-refractivity contribution < 1.29 is 9.53 Å². The number of likely N-dealkylation sites (N-methyl/N-ethyl adjacent to an activating group) is 1. The molecule has 1 aromatic carbocycles. The summed E-state index contributed by atoms with van der Waals surface area (Å²) in [5, 5.41) is 5.30. The molecule has 1 N–H and O–H groups in total. The number of thiophene rings is 1. The maximum absolute atomic E-state index is 13.2. The Labute approximate surface area is 193 Å². The van der Waals surface area contributed by atoms with E-state index in [-0.39, 0.29) is 12.0 Å². The fourth-order valence-corrected chi connectivity index (χ4v) is 4.75. The minimum absolute atomic E-state index is 0.0272. The van der Waals surface area contributed by atoms with Crippen LogP contribution in [0.1, 0.15) is 38.9 Å². The molecule has 0 spiro atoms. The third-order valence-electron chi connectivity index (χ3n) is 5.84. The molecule has 3 aromatic rings. The first-order valence-corrected chi connectivity index (χ1v) is 11.8. The maximum atomic E-state index is 13.2. The van der Waals surface area contributed by atoms with Crippen LogP contribution < -0.4 is 15.0 Å². The highest BCUT2D eigenvalue weighted by molar-refractivity contribution is 7.10. The zero-order valence-corrected chi connectivity index (χ0v) is 19.7. The first-order chi connectivity index (χ1) is 15.6. The second-order valence-corrected chi connectivity index (χ2v) is 9.10. The fourth-order valence-electron chi connectivity index (χ4n) is 3.97. The van der Waals surface area contributed by atoms with E-state index < -0.39 is 0 Å². The lowest BCUT2D eigenvalue weighted by Crippen LogP contribution is -2.33. The number of nitrogens with one attached hydrogen (secondary N) is 1. The Kier molecular flexibility index (Phi) is 7.07. The molecule has 1 aliphatic heterocycles. The second kappa shape index (κ2) is 10.1. The zero-order valence-electron chi connectivity index (χ0n) is 18.9. The molecular formula is C25H30N4O2S. The van der Waals surface area contributed by atoms with Gasteiger partial charge in [-0.25, -0.2) is 4.98 Å². The molecule has 4 rings (SSSR count). The Morgan fingerprint density at radius 1 is 1.22 bits per heavy atom. The van der Waals surface area contributed by atoms with Crippen molar-refractivity contribution in [1.29, 1.82) is 0 Å². The molecule has 1 aliphatic rings. The summed E-state index contributed by atoms with van der Waals surface area (Å²) in [5.74, 6) is 1.64. The molecule has 0 fully saturated rings. The normalized spacial score (nSPS) is 14.8. The Hall–Kier alpha value is -2.90. The van der Waals surface area contributed by atoms with Gasteiger partial charge in [-0.3, -0.25) is 4.79 Å². The summed E-state index contributed by atoms with van der Waals surface area (Å²) in [6.07, 6.45) is 2.67. The number of carbonyl (C=O) groups is 1. The summed E-state index contributed by atoms with van der Waals surface area (Å²) in [4.78, 5) is 22.8. The van der Waals surface area contributed by atoms with Gasteiger partial charge in [-0.05, 0) is 67.4 Å². The van der Waals surface area contributed by atoms with Crippen LogP contribution in [0.4, 0.5) is 5.82 Å². The number of nitrogens with zero attached hydrogens (tertiary/aromatic N) is 3. The van der Waals surface area contributed by atoms with E-state index in [1.807, 2.05) is 42.1 Å². The van der Waals surface area contributed by atoms with Crippen LogP contribution in [0.25, 0.3) is 0 Å². The maximum Gasteiger partial charge on any atom is 0.257 e. The molecule has 1 amide bonds. The van der Waals surface area contributed by atoms with Crippen molar-refractivity contribution in [3.05, 3.63) is 75.6 Å². The van der Waals surface area contributed by atoms with Gasteiger partial charge in [0.05, 0.1) is 5.56 Å². The fraction of sp³-hybridized carbons (Fsp3) is 0.360. The van der Waals surface area contributed by atoms with Crippen LogP contribution in [-0.2, 0) is 6.54 Å². The lowest BCUT2D eigenvalue weighted by Gasteiger charge is -2.23. The molecule has 3 heterocycles. The molecule has 1 atom stereocenters. The molecule has 7 heteroatoms. The number of benzene rings is 1. The van der Waals surface area contributed by atoms with Crippen molar-refractivity contribution in [3.63, 3.8) is 0 Å². The molecule has 2 aromatic heterocycles. The molecular weight excluding hydrogens is 420 g/mol. The van der Waals surface area contributed by atoms with Gasteiger partial charge in [0.15, 0.2) is 0 Å². The molecule has 0 aliphatic carbocycles. The molecule has 0 saturated heterocycles. The summed E-state index contributed by atoms with van der Waals surface area (Å²) in [6, 6.07) is 14.1. The minimum Gasteiger partial charge on any atom is -0.485 e. The van der Waals surface area contributed by atoms with E-state index in [4.69, 9.17) is 4.74 Å². The first-order valence-electron chi connectivity index (χ1n) is 11.0. The van der Waals surface area contributed by atoms with Crippen LogP contribution >= 0.6 is 11.3 Å². The van der Waals surface area contributed by atoms with Crippen molar-refractivity contribution >= 4 is 23.1 Å². The summed E-state index contributed by atoms with van der Waals surface area (Å²) >= 11 is 1.72. The number of ether oxygens (including phenoxy) is 1. The number of anilines is 1. The van der Waals surface area contributed by atoms with Crippen LogP contribution in [-0.4, -0.2) is 49.5 Å². The van der Waals surface area contributed by atoms with Crippen molar-refractivity contribution in [1.82, 2.24) is 15.2 Å². The largest absolute Gasteiger partial charge is 0.485 e. The number of hydrogen-bond acceptors (Lipinski definition) is 6. The Morgan fingerprint density at radius 3 is 2.84 bits per heavy atom. The molecule has 6 nitrogen and oxygen atoms in total. The van der Waals surface area contributed by atoms with E-state index in [2.05, 4.69) is 46.9 Å². The van der Waals surface area contributed by atoms with Gasteiger partial charge in [-0.1, -0.05) is 12.1 Å². The van der Waals surface area contributed by atoms with E-state index in [0.717, 1.165) is 42.2 Å². The highest BCUT2D eigenvalue weighted by Gasteiger charge is 2.26. The van der Waals surface area contributed by atoms with Crippen LogP contribution in [0.3, 0.4) is 0 Å². The van der Waals surface area contributed by atoms with Crippen molar-refractivity contribution in [2.24, 2.45) is 0 Å². The second-order valence-electron chi connectivity index (χ2n) is 8.13. The third-order valence-corrected chi connectivity index (χ3v) is 6.81. The minimum atomic E-state index is 0.0272. The molecule has 0 bridgehead atoms. The molecule has 0 radical (unpaired) electrons. The number of rotatable bonds is 8. The number of carbonyl (C=O) groups excluding carboxylic acids is 1. The lowest BCUT2D eigenvalue weighted by molar-refractivity contribution is 0.0754. The summed E-state index contributed by atoms with van der Waals surface area (Å²) in [5.41, 5.74) is 2.91. The van der Waals surface area contributed by atoms with E-state index in [1.165, 1.54) is 4.88 Å². The number of pyridine rings is 1. The van der Waals surface area contributed by atoms with Gasteiger partial charge >= 0.3 is 0 Å². The van der Waals surface area contributed by atoms with Gasteiger partial charge in [0, 0.05) is 44.2 Å². The first kappa shape index (κ1) is 22.3. The summed E-state index contributed by atoms with van der Waals surface area (Å²) in [7, 11) is 3.94. The van der Waals surface area contributed by atoms with Crippen LogP contribution in [0.15, 0.2) is 54.0 Å². The lowest BCUT2D eigenvalue weighted by atomic mass is 10.1. The number of aryl methyl sites for hydroxylation is 1. The van der Waals surface area contributed by atoms with Gasteiger partial charge in [0.1, 0.15) is 17.7 Å². The van der Waals surface area contributed by atoms with E-state index in [0.29, 0.717) is 18.7 Å². The topological polar surface area (TPSA) is 57.7 Å². The van der Waals surface area contributed by atoms with E-state index in [9.17, 15) is 4.79 Å². The van der Waals surface area contributed by atoms with Crippen molar-refractivity contribution in [2.45, 2.75) is 26.0 Å². The van der Waals surface area contributed by atoms with Crippen LogP contribution in [0.5, 0.6) is 5.75 Å². The number of hydrogen-bond donors (Lipinski definition) is 1. The van der Waals surface area contributed by atoms with Gasteiger partial charge in [0.2, 0.25) is 0 Å². The van der Waals surface area contributed by atoms with Gasteiger partial charge in [-0.2, -0.15) is 0 Å². The van der Waals surface area contributed by atoms with Gasteiger partial charge in [-0.15, -0.1) is 11.3 Å². The van der Waals surface area contributed by atoms with Crippen molar-refractivity contribution in [3.8, 4) is 5.75 Å². The van der Waals surface area contributed by atoms with Crippen molar-refractivity contribution in [2.75, 3.05) is 38.6 Å². The Morgan fingerprint density at radius 2 is 2.09 bits per heavy atom. The van der Waals surface area contributed by atoms with Crippen LogP contribution in [0, 0.1) is 6.92 Å². The number of fused-ring (bicyclic) bond motifs is 1. The highest BCUT2D eigenvalue weighted by atomic mass is 32.1. The molecule has 32 heavy (non-hydrogen) atoms. The highest BCUT2D eigenvalue weighted by Crippen LogP contribution is 2.30. The average molecular weight is 451 g/mol. The Bertz CT molecular complexity index is 1050. The summed E-state index contributed by atoms with van der Waals surface area (Å²) < 4.78 is 6.36. The Balaban J connectivity index is 1.49. The number of amides is 1. The van der Waals surface area contributed by atoms with Crippen LogP contribution in [0.2, 0.25) is 0 Å². The van der Waals surface area contributed by atoms with Gasteiger partial charge in [0.25, 0.3) is 5.91 Å². The van der Waals surface area contributed by atoms with E-state index >= 15 is 0 Å². The monoisotopic (exact) mass is 450 g/mol. The van der Waals surface area contributed by atoms with Gasteiger partial charge < -0.3 is 19.9 Å². The predicted octanol–water partition coefficient (Wildman–Crippen LogP) is 4.27. The zero-order chi connectivity index (χ0) is 22.5. The van der Waals surface area contributed by atoms with E-state index in [1.54, 1.807) is 17.5 Å². The quantitative estimate of drug-likeness (QED) is 0.555. The molecule has 0 saturated carbocycles. The standard InChI is InChI=1S/C25H30N4O2S/c1-18-16-20(31-22(10-12-26-2)23-7-5-15-32-23)9-8-19(18)17-29-14-13-28(3)24-21(25(29)30)6-4-11-27-24/h4-9,11,15-16,22,26H,10,12-14,17H2,1-3H3/t22-/m0/s1. The number of aromatic nitrogens is 1. The SMILES string of the molecule is CNCC[C@H](Oc1ccc(CN2CCN(C)c3ncccc3C2=O)c(C)c1)c1cccs1. The predicted molar refractivity (Wildman–Crippen MR) is 130 cm³/mol. The molecule has 0 unspecified atom stereocenters.